The van der Waals surface area contributed by atoms with Crippen molar-refractivity contribution in [1.29, 1.82) is 0 Å². The number of alkyl carbamates (subject to hydrolysis) is 1. The molecule has 3 aromatic rings. The third-order valence-electron chi connectivity index (χ3n) is 7.78. The van der Waals surface area contributed by atoms with Crippen molar-refractivity contribution in [3.05, 3.63) is 69.3 Å². The fourth-order valence-electron chi connectivity index (χ4n) is 5.49. The molecule has 0 spiro atoms. The number of likely N-dealkylation sites (tertiary alicyclic amines) is 1. The quantitative estimate of drug-likeness (QED) is 0.363. The van der Waals surface area contributed by atoms with Gasteiger partial charge in [-0.05, 0) is 76.1 Å². The number of alkyl halides is 3. The van der Waals surface area contributed by atoms with Crippen LogP contribution in [0.2, 0.25) is 0 Å². The van der Waals surface area contributed by atoms with Gasteiger partial charge in [-0.2, -0.15) is 13.2 Å². The average molecular weight is 662 g/mol. The van der Waals surface area contributed by atoms with Gasteiger partial charge in [0.15, 0.2) is 0 Å². The van der Waals surface area contributed by atoms with Crippen LogP contribution in [-0.4, -0.2) is 82.5 Å². The molecule has 2 unspecified atom stereocenters. The van der Waals surface area contributed by atoms with E-state index in [2.05, 4.69) is 10.3 Å². The zero-order valence-corrected chi connectivity index (χ0v) is 27.0. The van der Waals surface area contributed by atoms with E-state index in [0.717, 1.165) is 16.7 Å². The molecule has 0 saturated carbocycles. The molecule has 2 aromatic carbocycles. The number of fused-ring (bicyclic) bond motifs is 1. The van der Waals surface area contributed by atoms with E-state index in [0.29, 0.717) is 24.2 Å². The molecular weight excluding hydrogens is 623 g/mol. The lowest BCUT2D eigenvalue weighted by atomic mass is 10.0. The first-order valence-electron chi connectivity index (χ1n) is 14.8. The maximum atomic E-state index is 14.1. The van der Waals surface area contributed by atoms with Gasteiger partial charge in [0.1, 0.15) is 18.0 Å². The van der Waals surface area contributed by atoms with E-state index < -0.39 is 47.6 Å². The summed E-state index contributed by atoms with van der Waals surface area (Å²) in [6.45, 7) is 6.28. The minimum atomic E-state index is -4.75. The Labute approximate surface area is 269 Å². The fraction of sp³-hybridized carbons (Fsp3) is 0.469. The second-order valence-electron chi connectivity index (χ2n) is 12.4. The summed E-state index contributed by atoms with van der Waals surface area (Å²) in [7, 11) is 3.07. The van der Waals surface area contributed by atoms with E-state index in [9.17, 15) is 32.3 Å². The third-order valence-corrected chi connectivity index (χ3v) is 7.78. The number of halogens is 3. The maximum absolute atomic E-state index is 14.1. The highest BCUT2D eigenvalue weighted by atomic mass is 19.4. The smallest absolute Gasteiger partial charge is 0.416 e. The molecule has 1 aliphatic rings. The lowest BCUT2D eigenvalue weighted by Crippen LogP contribution is -2.56. The number of nitrogens with zero attached hydrogens (tertiary/aromatic N) is 4. The van der Waals surface area contributed by atoms with Gasteiger partial charge in [-0.3, -0.25) is 19.0 Å². The minimum Gasteiger partial charge on any atom is -0.480 e. The number of anilines is 1. The van der Waals surface area contributed by atoms with Crippen molar-refractivity contribution in [2.24, 2.45) is 0 Å². The molecule has 2 amide bonds. The van der Waals surface area contributed by atoms with Crippen LogP contribution in [0.25, 0.3) is 10.9 Å². The van der Waals surface area contributed by atoms with E-state index >= 15 is 0 Å². The first-order valence-corrected chi connectivity index (χ1v) is 14.8. The van der Waals surface area contributed by atoms with Crippen molar-refractivity contribution in [3.8, 4) is 0 Å². The van der Waals surface area contributed by atoms with Gasteiger partial charge in [-0.25, -0.2) is 9.78 Å². The molecule has 0 bridgehead atoms. The van der Waals surface area contributed by atoms with Crippen LogP contribution in [0.5, 0.6) is 0 Å². The Bertz CT molecular complexity index is 1720. The highest BCUT2D eigenvalue weighted by molar-refractivity contribution is 5.94. The summed E-state index contributed by atoms with van der Waals surface area (Å²) >= 11 is 0. The number of ether oxygens (including phenoxy) is 2. The Morgan fingerprint density at radius 1 is 1.13 bits per heavy atom. The Balaban J connectivity index is 1.51. The summed E-state index contributed by atoms with van der Waals surface area (Å²) in [5.41, 5.74) is -1.91. The van der Waals surface area contributed by atoms with E-state index in [1.165, 1.54) is 18.9 Å². The van der Waals surface area contributed by atoms with Crippen LogP contribution >= 0.6 is 0 Å². The predicted molar refractivity (Wildman–Crippen MR) is 166 cm³/mol. The van der Waals surface area contributed by atoms with Gasteiger partial charge in [0.25, 0.3) is 11.5 Å². The molecule has 4 rings (SSSR count). The molecule has 0 radical (unpaired) electrons. The van der Waals surface area contributed by atoms with Crippen LogP contribution in [0.3, 0.4) is 0 Å². The maximum Gasteiger partial charge on any atom is 0.416 e. The second kappa shape index (κ2) is 13.6. The molecule has 2 atom stereocenters. The number of nitrogens with one attached hydrogen (secondary N) is 1. The number of rotatable bonds is 8. The van der Waals surface area contributed by atoms with Gasteiger partial charge < -0.3 is 29.7 Å². The van der Waals surface area contributed by atoms with Crippen LogP contribution in [-0.2, 0) is 33.5 Å². The zero-order valence-electron chi connectivity index (χ0n) is 27.0. The number of benzene rings is 2. The van der Waals surface area contributed by atoms with Crippen molar-refractivity contribution in [2.75, 3.05) is 32.1 Å². The van der Waals surface area contributed by atoms with Gasteiger partial charge in [-0.15, -0.1) is 0 Å². The molecule has 47 heavy (non-hydrogen) atoms. The predicted octanol–water partition coefficient (Wildman–Crippen LogP) is 4.20. The van der Waals surface area contributed by atoms with Crippen molar-refractivity contribution >= 4 is 34.6 Å². The first kappa shape index (κ1) is 35.2. The highest BCUT2D eigenvalue weighted by Crippen LogP contribution is 2.35. The Hall–Kier alpha value is -4.66. The van der Waals surface area contributed by atoms with E-state index in [4.69, 9.17) is 14.6 Å². The van der Waals surface area contributed by atoms with Gasteiger partial charge in [-0.1, -0.05) is 0 Å². The van der Waals surface area contributed by atoms with Crippen LogP contribution < -0.4 is 15.8 Å². The van der Waals surface area contributed by atoms with Crippen LogP contribution in [0.4, 0.5) is 23.7 Å². The molecule has 254 valence electrons. The first-order chi connectivity index (χ1) is 21.9. The Kier molecular flexibility index (Phi) is 10.2. The highest BCUT2D eigenvalue weighted by Gasteiger charge is 2.36. The Morgan fingerprint density at radius 2 is 1.79 bits per heavy atom. The largest absolute Gasteiger partial charge is 0.480 e. The number of carboxylic acids is 1. The molecule has 0 aliphatic carbocycles. The minimum absolute atomic E-state index is 0.0166. The van der Waals surface area contributed by atoms with Crippen LogP contribution in [0.15, 0.2) is 41.2 Å². The number of hydrogen-bond donors (Lipinski definition) is 2. The monoisotopic (exact) mass is 661 g/mol. The van der Waals surface area contributed by atoms with E-state index in [1.54, 1.807) is 57.0 Å². The third kappa shape index (κ3) is 8.39. The van der Waals surface area contributed by atoms with Crippen molar-refractivity contribution in [1.82, 2.24) is 19.8 Å². The summed E-state index contributed by atoms with van der Waals surface area (Å²) in [5.74, 6) is -1.58. The number of amides is 2. The number of carbonyl (C=O) groups is 3. The summed E-state index contributed by atoms with van der Waals surface area (Å²) in [6, 6.07) is 7.92. The number of hydrogen-bond acceptors (Lipinski definition) is 8. The zero-order chi connectivity index (χ0) is 34.8. The number of aromatic nitrogens is 2. The summed E-state index contributed by atoms with van der Waals surface area (Å²) in [6.07, 6.45) is -5.35. The van der Waals surface area contributed by atoms with Crippen LogP contribution in [0, 0.1) is 6.92 Å². The van der Waals surface area contributed by atoms with Gasteiger partial charge in [0.05, 0.1) is 28.6 Å². The normalized spacial score (nSPS) is 17.0. The summed E-state index contributed by atoms with van der Waals surface area (Å²) in [5, 5.41) is 11.8. The van der Waals surface area contributed by atoms with Gasteiger partial charge in [0, 0.05) is 45.0 Å². The molecule has 1 fully saturated rings. The lowest BCUT2D eigenvalue weighted by molar-refractivity contribution is -0.138. The molecule has 15 heteroatoms. The van der Waals surface area contributed by atoms with E-state index in [1.807, 2.05) is 0 Å². The molecule has 1 aliphatic heterocycles. The molecular formula is C32H38F3N5O7. The average Bonchev–Trinajstić information content (AvgIpc) is 2.97. The SMILES string of the molecule is COC1CN(C(=O)c2ccc(N(C)Cc3cc4c(=O)n(CC(=O)O)c(C)nc4cc3C(F)(F)F)cc2)CCC1NC(=O)OC(C)(C)C. The standard InChI is InChI=1S/C32H38F3N5O7/c1-18-36-25-14-23(32(33,34)35)20(13-22(25)29(44)40(18)17-27(41)42)15-38(5)21-9-7-19(8-10-21)28(43)39-12-11-24(26(16-39)46-6)37-30(45)47-31(2,3)4/h7-10,13-14,24,26H,11-12,15-17H2,1-6H3,(H,37,45)(H,41,42). The lowest BCUT2D eigenvalue weighted by Gasteiger charge is -2.38. The van der Waals surface area contributed by atoms with Gasteiger partial charge >= 0.3 is 18.2 Å². The topological polar surface area (TPSA) is 143 Å². The number of piperidine rings is 1. The number of aryl methyl sites for hydroxylation is 1. The Morgan fingerprint density at radius 3 is 2.36 bits per heavy atom. The number of aliphatic carboxylic acids is 1. The fourth-order valence-corrected chi connectivity index (χ4v) is 5.49. The van der Waals surface area contributed by atoms with Crippen LogP contribution in [0.1, 0.15) is 54.5 Å². The molecule has 12 nitrogen and oxygen atoms in total. The number of carboxylic acid groups (broad SMARTS) is 1. The summed E-state index contributed by atoms with van der Waals surface area (Å²) < 4.78 is 54.1. The second-order valence-corrected chi connectivity index (χ2v) is 12.4. The molecule has 1 saturated heterocycles. The van der Waals surface area contributed by atoms with Crippen molar-refractivity contribution in [3.63, 3.8) is 0 Å². The molecule has 2 N–H and O–H groups in total. The van der Waals surface area contributed by atoms with Crippen molar-refractivity contribution in [2.45, 2.75) is 71.1 Å². The van der Waals surface area contributed by atoms with Crippen molar-refractivity contribution < 1.29 is 42.1 Å². The number of carbonyl (C=O) groups excluding carboxylic acids is 2. The van der Waals surface area contributed by atoms with E-state index in [-0.39, 0.29) is 47.3 Å². The summed E-state index contributed by atoms with van der Waals surface area (Å²) in [4.78, 5) is 57.1. The molecule has 1 aromatic heterocycles. The molecule has 2 heterocycles. The van der Waals surface area contributed by atoms with Gasteiger partial charge in [0.2, 0.25) is 0 Å². The number of methoxy groups -OCH3 is 1.